The van der Waals surface area contributed by atoms with Crippen molar-refractivity contribution in [2.45, 2.75) is 30.2 Å². The highest BCUT2D eigenvalue weighted by atomic mass is 32.2. The van der Waals surface area contributed by atoms with Crippen LogP contribution in [0.15, 0.2) is 59.9 Å². The molecule has 0 aliphatic heterocycles. The summed E-state index contributed by atoms with van der Waals surface area (Å²) in [7, 11) is -5.48. The van der Waals surface area contributed by atoms with Crippen molar-refractivity contribution < 1.29 is 44.4 Å². The standard InChI is InChI=1S/C20H15F6N5O4S/c1-11(19(21,22)23)31(35-17(32)20(24,25)26)36(33,34)16-5-3-2-4-14(16)12-6-7-15(28-8-12)13-9-29-18(27)30-10-13/h2-11H,1H3,(H2,27,29,30)/t11-/m1/s1. The highest BCUT2D eigenvalue weighted by molar-refractivity contribution is 7.89. The number of alkyl halides is 6. The smallest absolute Gasteiger partial charge is 0.368 e. The molecule has 2 N–H and O–H groups in total. The van der Waals surface area contributed by atoms with Gasteiger partial charge in [0.1, 0.15) is 0 Å². The number of anilines is 1. The summed E-state index contributed by atoms with van der Waals surface area (Å²) in [5.41, 5.74) is 6.07. The first-order chi connectivity index (χ1) is 16.6. The van der Waals surface area contributed by atoms with E-state index in [1.54, 1.807) is 0 Å². The van der Waals surface area contributed by atoms with Crippen LogP contribution in [-0.2, 0) is 19.7 Å². The molecular formula is C20H15F6N5O4S. The van der Waals surface area contributed by atoms with Crippen molar-refractivity contribution in [2.24, 2.45) is 0 Å². The Morgan fingerprint density at radius 2 is 1.53 bits per heavy atom. The molecule has 0 bridgehead atoms. The van der Waals surface area contributed by atoms with Gasteiger partial charge in [-0.15, -0.1) is 0 Å². The molecule has 9 nitrogen and oxygen atoms in total. The monoisotopic (exact) mass is 535 g/mol. The number of pyridine rings is 1. The average Bonchev–Trinajstić information content (AvgIpc) is 2.81. The van der Waals surface area contributed by atoms with Gasteiger partial charge in [-0.05, 0) is 23.5 Å². The van der Waals surface area contributed by atoms with Crippen molar-refractivity contribution in [1.82, 2.24) is 19.4 Å². The van der Waals surface area contributed by atoms with E-state index in [9.17, 15) is 39.6 Å². The Labute approximate surface area is 199 Å². The summed E-state index contributed by atoms with van der Waals surface area (Å²) in [4.78, 5) is 25.9. The van der Waals surface area contributed by atoms with Gasteiger partial charge in [-0.3, -0.25) is 4.98 Å². The fourth-order valence-corrected chi connectivity index (χ4v) is 4.42. The third-order valence-electron chi connectivity index (χ3n) is 4.64. The van der Waals surface area contributed by atoms with Crippen molar-refractivity contribution in [3.05, 3.63) is 55.0 Å². The Bertz CT molecular complexity index is 1350. The first kappa shape index (κ1) is 26.8. The molecule has 0 aliphatic rings. The maximum Gasteiger partial charge on any atom is 0.492 e. The van der Waals surface area contributed by atoms with E-state index in [0.29, 0.717) is 11.3 Å². The largest absolute Gasteiger partial charge is 0.492 e. The third kappa shape index (κ3) is 5.71. The molecule has 16 heteroatoms. The minimum atomic E-state index is -5.76. The SMILES string of the molecule is C[C@@H](N(OC(=O)C(F)(F)F)S(=O)(=O)c1ccccc1-c1ccc(-c2cnc(N)nc2)nc1)C(F)(F)F. The van der Waals surface area contributed by atoms with Gasteiger partial charge in [0, 0.05) is 35.3 Å². The average molecular weight is 535 g/mol. The number of hydrogen-bond acceptors (Lipinski definition) is 8. The topological polar surface area (TPSA) is 128 Å². The van der Waals surface area contributed by atoms with Crippen LogP contribution in [0.2, 0.25) is 0 Å². The lowest BCUT2D eigenvalue weighted by Gasteiger charge is -2.28. The summed E-state index contributed by atoms with van der Waals surface area (Å²) in [6.07, 6.45) is -7.22. The predicted octanol–water partition coefficient (Wildman–Crippen LogP) is 3.75. The first-order valence-corrected chi connectivity index (χ1v) is 11.1. The van der Waals surface area contributed by atoms with Crippen LogP contribution < -0.4 is 5.73 Å². The van der Waals surface area contributed by atoms with Crippen LogP contribution in [0.1, 0.15) is 6.92 Å². The molecule has 0 amide bonds. The fourth-order valence-electron chi connectivity index (χ4n) is 2.81. The lowest BCUT2D eigenvalue weighted by molar-refractivity contribution is -0.253. The molecular weight excluding hydrogens is 520 g/mol. The van der Waals surface area contributed by atoms with E-state index < -0.39 is 43.8 Å². The number of hydroxylamine groups is 1. The molecule has 2 heterocycles. The zero-order chi connectivity index (χ0) is 26.9. The number of carbonyl (C=O) groups excluding carboxylic acids is 1. The fraction of sp³-hybridized carbons (Fsp3) is 0.200. The first-order valence-electron chi connectivity index (χ1n) is 9.66. The molecule has 1 atom stereocenters. The highest BCUT2D eigenvalue weighted by Gasteiger charge is 2.52. The number of rotatable bonds is 6. The summed E-state index contributed by atoms with van der Waals surface area (Å²) in [6.45, 7) is 0.231. The zero-order valence-electron chi connectivity index (χ0n) is 17.9. The molecule has 0 unspecified atom stereocenters. The van der Waals surface area contributed by atoms with Crippen LogP contribution >= 0.6 is 0 Å². The second-order valence-electron chi connectivity index (χ2n) is 7.11. The number of benzene rings is 1. The van der Waals surface area contributed by atoms with E-state index in [1.165, 1.54) is 42.9 Å². The van der Waals surface area contributed by atoms with Gasteiger partial charge in [-0.1, -0.05) is 24.3 Å². The van der Waals surface area contributed by atoms with E-state index in [0.717, 1.165) is 12.1 Å². The van der Waals surface area contributed by atoms with E-state index in [4.69, 9.17) is 5.73 Å². The van der Waals surface area contributed by atoms with Gasteiger partial charge >= 0.3 is 18.3 Å². The molecule has 192 valence electrons. The summed E-state index contributed by atoms with van der Waals surface area (Å²) >= 11 is 0. The van der Waals surface area contributed by atoms with Crippen molar-refractivity contribution in [3.63, 3.8) is 0 Å². The zero-order valence-corrected chi connectivity index (χ0v) is 18.8. The van der Waals surface area contributed by atoms with Gasteiger partial charge < -0.3 is 10.6 Å². The second kappa shape index (κ2) is 9.69. The van der Waals surface area contributed by atoms with Crippen LogP contribution in [0.3, 0.4) is 0 Å². The second-order valence-corrected chi connectivity index (χ2v) is 8.86. The van der Waals surface area contributed by atoms with Crippen molar-refractivity contribution >= 4 is 21.9 Å². The minimum absolute atomic E-state index is 0.0124. The van der Waals surface area contributed by atoms with Crippen LogP contribution in [0, 0.1) is 0 Å². The molecule has 0 saturated heterocycles. The maximum atomic E-state index is 13.3. The van der Waals surface area contributed by atoms with Gasteiger partial charge in [-0.25, -0.2) is 23.2 Å². The molecule has 0 fully saturated rings. The number of nitrogen functional groups attached to an aromatic ring is 1. The molecule has 0 spiro atoms. The molecule has 0 radical (unpaired) electrons. The van der Waals surface area contributed by atoms with Gasteiger partial charge in [0.15, 0.2) is 6.04 Å². The number of halogens is 6. The summed E-state index contributed by atoms with van der Waals surface area (Å²) in [6, 6.07) is 4.16. The molecule has 1 aromatic carbocycles. The van der Waals surface area contributed by atoms with E-state index in [2.05, 4.69) is 19.8 Å². The molecule has 0 saturated carbocycles. The Hall–Kier alpha value is -3.79. The Morgan fingerprint density at radius 3 is 2.06 bits per heavy atom. The molecule has 2 aromatic heterocycles. The lowest BCUT2D eigenvalue weighted by atomic mass is 10.1. The molecule has 36 heavy (non-hydrogen) atoms. The van der Waals surface area contributed by atoms with E-state index in [1.807, 2.05) is 0 Å². The summed E-state index contributed by atoms with van der Waals surface area (Å²) in [5.74, 6) is -3.13. The number of sulfonamides is 1. The summed E-state index contributed by atoms with van der Waals surface area (Å²) in [5, 5.41) is 0. The summed E-state index contributed by atoms with van der Waals surface area (Å²) < 4.78 is 103. The van der Waals surface area contributed by atoms with Crippen LogP contribution in [-0.4, -0.2) is 52.2 Å². The van der Waals surface area contributed by atoms with Gasteiger partial charge in [-0.2, -0.15) is 26.3 Å². The number of hydrogen-bond donors (Lipinski definition) is 1. The molecule has 3 aromatic rings. The number of carbonyl (C=O) groups is 1. The Kier molecular flexibility index (Phi) is 7.22. The Balaban J connectivity index is 2.07. The van der Waals surface area contributed by atoms with Crippen molar-refractivity contribution in [1.29, 1.82) is 0 Å². The van der Waals surface area contributed by atoms with Gasteiger partial charge in [0.2, 0.25) is 5.95 Å². The normalized spacial score (nSPS) is 13.4. The van der Waals surface area contributed by atoms with Gasteiger partial charge in [0.05, 0.1) is 10.6 Å². The number of nitrogens with zero attached hydrogens (tertiary/aromatic N) is 4. The van der Waals surface area contributed by atoms with Crippen LogP contribution in [0.25, 0.3) is 22.4 Å². The number of nitrogens with two attached hydrogens (primary N) is 1. The highest BCUT2D eigenvalue weighted by Crippen LogP contribution is 2.35. The van der Waals surface area contributed by atoms with Gasteiger partial charge in [0.25, 0.3) is 10.0 Å². The van der Waals surface area contributed by atoms with Crippen molar-refractivity contribution in [2.75, 3.05) is 5.73 Å². The Morgan fingerprint density at radius 1 is 0.944 bits per heavy atom. The van der Waals surface area contributed by atoms with Crippen LogP contribution in [0.5, 0.6) is 0 Å². The molecule has 3 rings (SSSR count). The predicted molar refractivity (Wildman–Crippen MR) is 112 cm³/mol. The van der Waals surface area contributed by atoms with E-state index >= 15 is 0 Å². The maximum absolute atomic E-state index is 13.3. The van der Waals surface area contributed by atoms with Crippen LogP contribution in [0.4, 0.5) is 32.3 Å². The lowest BCUT2D eigenvalue weighted by Crippen LogP contribution is -2.49. The van der Waals surface area contributed by atoms with E-state index in [-0.39, 0.29) is 24.0 Å². The quantitative estimate of drug-likeness (QED) is 0.373. The molecule has 0 aliphatic carbocycles. The number of aromatic nitrogens is 3. The minimum Gasteiger partial charge on any atom is -0.368 e. The third-order valence-corrected chi connectivity index (χ3v) is 6.41. The van der Waals surface area contributed by atoms with Crippen molar-refractivity contribution in [3.8, 4) is 22.4 Å².